The predicted octanol–water partition coefficient (Wildman–Crippen LogP) is 2.26. The van der Waals surface area contributed by atoms with Crippen LogP contribution in [0.4, 0.5) is 18.9 Å². The molecule has 0 saturated heterocycles. The summed E-state index contributed by atoms with van der Waals surface area (Å²) in [4.78, 5) is 11.3. The highest BCUT2D eigenvalue weighted by Crippen LogP contribution is 2.30. The molecule has 0 aliphatic rings. The third kappa shape index (κ3) is 2.58. The number of rotatable bonds is 2. The van der Waals surface area contributed by atoms with Gasteiger partial charge in [-0.3, -0.25) is 0 Å². The number of alkyl halides is 3. The highest BCUT2D eigenvalue weighted by atomic mass is 19.4. The number of hydrogen-bond acceptors (Lipinski definition) is 4. The summed E-state index contributed by atoms with van der Waals surface area (Å²) in [7, 11) is 1.22. The van der Waals surface area contributed by atoms with Crippen LogP contribution in [0, 0.1) is 0 Å². The van der Waals surface area contributed by atoms with Crippen LogP contribution in [0.15, 0.2) is 30.6 Å². The lowest BCUT2D eigenvalue weighted by Crippen LogP contribution is -2.06. The van der Waals surface area contributed by atoms with Crippen molar-refractivity contribution in [3.8, 4) is 5.69 Å². The number of hydrogen-bond donors (Lipinski definition) is 1. The molecule has 0 unspecified atom stereocenters. The summed E-state index contributed by atoms with van der Waals surface area (Å²) in [5.41, 5.74) is 5.40. The molecular formula is C12H10F3N3O2. The largest absolute Gasteiger partial charge is 0.465 e. The van der Waals surface area contributed by atoms with Crippen molar-refractivity contribution >= 4 is 11.7 Å². The first-order valence-corrected chi connectivity index (χ1v) is 5.43. The van der Waals surface area contributed by atoms with Crippen LogP contribution in [-0.4, -0.2) is 22.9 Å². The number of halogens is 3. The third-order valence-electron chi connectivity index (χ3n) is 2.61. The van der Waals surface area contributed by atoms with Gasteiger partial charge in [0.05, 0.1) is 35.8 Å². The Labute approximate surface area is 111 Å². The number of nitrogen functional groups attached to an aromatic ring is 1. The molecule has 2 rings (SSSR count). The van der Waals surface area contributed by atoms with E-state index in [1.54, 1.807) is 0 Å². The van der Waals surface area contributed by atoms with E-state index in [-0.39, 0.29) is 16.9 Å². The van der Waals surface area contributed by atoms with Gasteiger partial charge in [0, 0.05) is 6.20 Å². The van der Waals surface area contributed by atoms with Crippen LogP contribution in [0.1, 0.15) is 15.9 Å². The Kier molecular flexibility index (Phi) is 3.39. The number of aromatic nitrogens is 2. The fourth-order valence-corrected chi connectivity index (χ4v) is 1.61. The molecule has 2 aromatic rings. The van der Waals surface area contributed by atoms with Gasteiger partial charge in [0.15, 0.2) is 0 Å². The summed E-state index contributed by atoms with van der Waals surface area (Å²) in [6, 6.07) is 4.11. The standard InChI is InChI=1S/C12H10F3N3O2/c1-20-11(19)7-2-3-10(9(16)4-7)18-6-8(5-17-18)12(13,14)15/h2-6H,16H2,1H3. The van der Waals surface area contributed by atoms with E-state index in [1.807, 2.05) is 0 Å². The zero-order valence-corrected chi connectivity index (χ0v) is 10.3. The van der Waals surface area contributed by atoms with Crippen molar-refractivity contribution in [1.29, 1.82) is 0 Å². The van der Waals surface area contributed by atoms with Crippen LogP contribution in [0.3, 0.4) is 0 Å². The molecule has 1 aromatic heterocycles. The first-order valence-electron chi connectivity index (χ1n) is 5.43. The van der Waals surface area contributed by atoms with E-state index in [0.29, 0.717) is 6.20 Å². The molecule has 0 radical (unpaired) electrons. The van der Waals surface area contributed by atoms with Gasteiger partial charge in [0.1, 0.15) is 0 Å². The molecule has 0 atom stereocenters. The Morgan fingerprint density at radius 2 is 2.10 bits per heavy atom. The van der Waals surface area contributed by atoms with Gasteiger partial charge in [-0.05, 0) is 18.2 Å². The molecule has 0 fully saturated rings. The Morgan fingerprint density at radius 1 is 1.40 bits per heavy atom. The zero-order chi connectivity index (χ0) is 14.9. The van der Waals surface area contributed by atoms with E-state index in [9.17, 15) is 18.0 Å². The molecule has 0 bridgehead atoms. The van der Waals surface area contributed by atoms with Crippen LogP contribution >= 0.6 is 0 Å². The summed E-state index contributed by atoms with van der Waals surface area (Å²) in [6.07, 6.45) is -2.95. The second-order valence-corrected chi connectivity index (χ2v) is 3.94. The lowest BCUT2D eigenvalue weighted by atomic mass is 10.2. The molecule has 0 saturated carbocycles. The number of esters is 1. The third-order valence-corrected chi connectivity index (χ3v) is 2.61. The minimum Gasteiger partial charge on any atom is -0.465 e. The summed E-state index contributed by atoms with van der Waals surface area (Å²) in [5.74, 6) is -0.584. The molecule has 5 nitrogen and oxygen atoms in total. The van der Waals surface area contributed by atoms with E-state index in [2.05, 4.69) is 9.84 Å². The maximum absolute atomic E-state index is 12.5. The average Bonchev–Trinajstić information content (AvgIpc) is 2.87. The molecule has 0 aliphatic heterocycles. The molecule has 1 heterocycles. The second kappa shape index (κ2) is 4.87. The van der Waals surface area contributed by atoms with E-state index in [0.717, 1.165) is 10.9 Å². The number of anilines is 1. The molecule has 0 spiro atoms. The lowest BCUT2D eigenvalue weighted by molar-refractivity contribution is -0.137. The van der Waals surface area contributed by atoms with Crippen molar-refractivity contribution in [2.45, 2.75) is 6.18 Å². The molecule has 0 aliphatic carbocycles. The van der Waals surface area contributed by atoms with Gasteiger partial charge >= 0.3 is 12.1 Å². The Morgan fingerprint density at radius 3 is 2.60 bits per heavy atom. The number of carbonyl (C=O) groups excluding carboxylic acids is 1. The van der Waals surface area contributed by atoms with E-state index < -0.39 is 17.7 Å². The van der Waals surface area contributed by atoms with Crippen molar-refractivity contribution in [3.05, 3.63) is 41.7 Å². The molecule has 20 heavy (non-hydrogen) atoms. The van der Waals surface area contributed by atoms with Crippen molar-refractivity contribution in [3.63, 3.8) is 0 Å². The van der Waals surface area contributed by atoms with Gasteiger partial charge in [-0.15, -0.1) is 0 Å². The van der Waals surface area contributed by atoms with E-state index in [4.69, 9.17) is 5.73 Å². The maximum Gasteiger partial charge on any atom is 0.419 e. The quantitative estimate of drug-likeness (QED) is 0.678. The van der Waals surface area contributed by atoms with Crippen molar-refractivity contribution in [2.75, 3.05) is 12.8 Å². The van der Waals surface area contributed by atoms with Gasteiger partial charge in [0.25, 0.3) is 0 Å². The fourth-order valence-electron chi connectivity index (χ4n) is 1.61. The normalized spacial score (nSPS) is 11.4. The number of benzene rings is 1. The van der Waals surface area contributed by atoms with Crippen molar-refractivity contribution in [1.82, 2.24) is 9.78 Å². The Hall–Kier alpha value is -2.51. The number of nitrogens with zero attached hydrogens (tertiary/aromatic N) is 2. The van der Waals surface area contributed by atoms with E-state index >= 15 is 0 Å². The van der Waals surface area contributed by atoms with E-state index in [1.165, 1.54) is 25.3 Å². The molecule has 1 aromatic carbocycles. The molecule has 0 amide bonds. The Bertz CT molecular complexity index is 650. The second-order valence-electron chi connectivity index (χ2n) is 3.94. The lowest BCUT2D eigenvalue weighted by Gasteiger charge is -2.07. The molecular weight excluding hydrogens is 275 g/mol. The van der Waals surface area contributed by atoms with Gasteiger partial charge in [-0.2, -0.15) is 18.3 Å². The summed E-state index contributed by atoms with van der Waals surface area (Å²) in [5, 5.41) is 3.61. The summed E-state index contributed by atoms with van der Waals surface area (Å²) >= 11 is 0. The summed E-state index contributed by atoms with van der Waals surface area (Å²) < 4.78 is 43.0. The topological polar surface area (TPSA) is 70.1 Å². The maximum atomic E-state index is 12.5. The van der Waals surface area contributed by atoms with Crippen molar-refractivity contribution in [2.24, 2.45) is 0 Å². The fraction of sp³-hybridized carbons (Fsp3) is 0.167. The smallest absolute Gasteiger partial charge is 0.419 e. The first kappa shape index (κ1) is 13.9. The van der Waals surface area contributed by atoms with Crippen LogP contribution in [-0.2, 0) is 10.9 Å². The minimum atomic E-state index is -4.47. The first-order chi connectivity index (χ1) is 9.32. The highest BCUT2D eigenvalue weighted by Gasteiger charge is 2.32. The molecule has 2 N–H and O–H groups in total. The van der Waals surface area contributed by atoms with Gasteiger partial charge in [-0.1, -0.05) is 0 Å². The van der Waals surface area contributed by atoms with Crippen LogP contribution < -0.4 is 5.73 Å². The highest BCUT2D eigenvalue weighted by molar-refractivity contribution is 5.91. The zero-order valence-electron chi connectivity index (χ0n) is 10.3. The Balaban J connectivity index is 2.39. The predicted molar refractivity (Wildman–Crippen MR) is 64.3 cm³/mol. The number of ether oxygens (including phenoxy) is 1. The van der Waals surface area contributed by atoms with Gasteiger partial charge in [-0.25, -0.2) is 9.48 Å². The molecule has 106 valence electrons. The van der Waals surface area contributed by atoms with Crippen molar-refractivity contribution < 1.29 is 22.7 Å². The van der Waals surface area contributed by atoms with Crippen LogP contribution in [0.25, 0.3) is 5.69 Å². The monoisotopic (exact) mass is 285 g/mol. The number of methoxy groups -OCH3 is 1. The minimum absolute atomic E-state index is 0.115. The van der Waals surface area contributed by atoms with Gasteiger partial charge in [0.2, 0.25) is 0 Å². The number of nitrogens with two attached hydrogens (primary N) is 1. The van der Waals surface area contributed by atoms with Crippen LogP contribution in [0.5, 0.6) is 0 Å². The average molecular weight is 285 g/mol. The summed E-state index contributed by atoms with van der Waals surface area (Å²) in [6.45, 7) is 0. The van der Waals surface area contributed by atoms with Crippen LogP contribution in [0.2, 0.25) is 0 Å². The molecule has 8 heteroatoms. The van der Waals surface area contributed by atoms with Gasteiger partial charge < -0.3 is 10.5 Å². The SMILES string of the molecule is COC(=O)c1ccc(-n2cc(C(F)(F)F)cn2)c(N)c1. The number of carbonyl (C=O) groups is 1.